The number of hydrogen-bond acceptors (Lipinski definition) is 2. The smallest absolute Gasteiger partial charge is 0.134 e. The Bertz CT molecular complexity index is 996. The van der Waals surface area contributed by atoms with Crippen molar-refractivity contribution < 1.29 is 4.74 Å². The van der Waals surface area contributed by atoms with Crippen LogP contribution in [0.4, 0.5) is 0 Å². The van der Waals surface area contributed by atoms with Crippen LogP contribution < -0.4 is 4.74 Å². The first kappa shape index (κ1) is 18.9. The third-order valence-corrected chi connectivity index (χ3v) is 4.88. The molecule has 3 rings (SSSR count). The van der Waals surface area contributed by atoms with Gasteiger partial charge in [-0.05, 0) is 64.7 Å². The summed E-state index contributed by atoms with van der Waals surface area (Å²) in [5, 5.41) is 9.51. The Morgan fingerprint density at radius 1 is 0.963 bits per heavy atom. The van der Waals surface area contributed by atoms with Crippen molar-refractivity contribution >= 4 is 27.6 Å². The third-order valence-electron chi connectivity index (χ3n) is 4.26. The van der Waals surface area contributed by atoms with Crippen molar-refractivity contribution in [3.05, 3.63) is 99.0 Å². The van der Waals surface area contributed by atoms with Gasteiger partial charge in [0.15, 0.2) is 0 Å². The van der Waals surface area contributed by atoms with E-state index in [1.54, 1.807) is 0 Å². The molecule has 0 spiro atoms. The van der Waals surface area contributed by atoms with Gasteiger partial charge in [0.25, 0.3) is 0 Å². The van der Waals surface area contributed by atoms with Crippen molar-refractivity contribution in [2.24, 2.45) is 0 Å². The fraction of sp³-hybridized carbons (Fsp3) is 0.125. The second kappa shape index (κ2) is 8.70. The molecular weight excluding hydrogens is 398 g/mol. The van der Waals surface area contributed by atoms with Gasteiger partial charge in [0.1, 0.15) is 12.4 Å². The van der Waals surface area contributed by atoms with E-state index >= 15 is 0 Å². The van der Waals surface area contributed by atoms with Crippen LogP contribution in [0.5, 0.6) is 5.75 Å². The van der Waals surface area contributed by atoms with Crippen molar-refractivity contribution in [2.75, 3.05) is 0 Å². The molecule has 0 aliphatic heterocycles. The Balaban J connectivity index is 1.76. The fourth-order valence-electron chi connectivity index (χ4n) is 2.65. The summed E-state index contributed by atoms with van der Waals surface area (Å²) in [4.78, 5) is 0. The maximum absolute atomic E-state index is 9.51. The van der Waals surface area contributed by atoms with Crippen LogP contribution in [0.2, 0.25) is 0 Å². The van der Waals surface area contributed by atoms with Crippen molar-refractivity contribution in [3.8, 4) is 11.8 Å². The summed E-state index contributed by atoms with van der Waals surface area (Å²) < 4.78 is 6.78. The van der Waals surface area contributed by atoms with Crippen LogP contribution in [0.25, 0.3) is 11.6 Å². The highest BCUT2D eigenvalue weighted by Crippen LogP contribution is 2.29. The van der Waals surface area contributed by atoms with Gasteiger partial charge in [-0.25, -0.2) is 0 Å². The molecule has 0 aliphatic carbocycles. The number of hydrogen-bond donors (Lipinski definition) is 0. The number of nitrogens with zero attached hydrogens (tertiary/aromatic N) is 1. The van der Waals surface area contributed by atoms with Crippen molar-refractivity contribution in [1.29, 1.82) is 5.26 Å². The van der Waals surface area contributed by atoms with Crippen molar-refractivity contribution in [3.63, 3.8) is 0 Å². The van der Waals surface area contributed by atoms with Gasteiger partial charge in [-0.1, -0.05) is 65.7 Å². The van der Waals surface area contributed by atoms with E-state index in [0.717, 1.165) is 26.9 Å². The lowest BCUT2D eigenvalue weighted by Crippen LogP contribution is -1.96. The van der Waals surface area contributed by atoms with E-state index in [1.165, 1.54) is 11.1 Å². The molecule has 0 fully saturated rings. The molecule has 3 aromatic rings. The van der Waals surface area contributed by atoms with Gasteiger partial charge in [0, 0.05) is 0 Å². The highest BCUT2D eigenvalue weighted by molar-refractivity contribution is 9.10. The van der Waals surface area contributed by atoms with E-state index in [0.29, 0.717) is 12.2 Å². The van der Waals surface area contributed by atoms with Crippen LogP contribution in [0, 0.1) is 25.2 Å². The van der Waals surface area contributed by atoms with Crippen LogP contribution >= 0.6 is 15.9 Å². The minimum atomic E-state index is 0.515. The average molecular weight is 418 g/mol. The normalized spacial score (nSPS) is 11.1. The fourth-order valence-corrected chi connectivity index (χ4v) is 3.16. The van der Waals surface area contributed by atoms with E-state index in [-0.39, 0.29) is 0 Å². The quantitative estimate of drug-likeness (QED) is 0.341. The molecule has 0 saturated heterocycles. The van der Waals surface area contributed by atoms with Crippen LogP contribution in [0.1, 0.15) is 27.8 Å². The van der Waals surface area contributed by atoms with E-state index in [4.69, 9.17) is 4.74 Å². The summed E-state index contributed by atoms with van der Waals surface area (Å²) in [6, 6.07) is 24.4. The van der Waals surface area contributed by atoms with Gasteiger partial charge in [0.2, 0.25) is 0 Å². The van der Waals surface area contributed by atoms with Crippen LogP contribution in [0.15, 0.2) is 71.2 Å². The van der Waals surface area contributed by atoms with E-state index in [1.807, 2.05) is 55.5 Å². The summed E-state index contributed by atoms with van der Waals surface area (Å²) in [5.41, 5.74) is 6.03. The molecule has 0 bridgehead atoms. The largest absolute Gasteiger partial charge is 0.488 e. The molecule has 0 unspecified atom stereocenters. The van der Waals surface area contributed by atoms with E-state index < -0.39 is 0 Å². The maximum Gasteiger partial charge on any atom is 0.134 e. The molecule has 134 valence electrons. The second-order valence-electron chi connectivity index (χ2n) is 6.50. The molecule has 0 N–H and O–H groups in total. The summed E-state index contributed by atoms with van der Waals surface area (Å²) >= 11 is 3.57. The first-order valence-corrected chi connectivity index (χ1v) is 9.51. The van der Waals surface area contributed by atoms with Gasteiger partial charge in [-0.15, -0.1) is 0 Å². The first-order valence-electron chi connectivity index (χ1n) is 8.72. The number of rotatable bonds is 5. The summed E-state index contributed by atoms with van der Waals surface area (Å²) in [6.45, 7) is 4.62. The predicted octanol–water partition coefficient (Wildman–Crippen LogP) is 6.71. The van der Waals surface area contributed by atoms with Gasteiger partial charge in [0.05, 0.1) is 16.1 Å². The lowest BCUT2D eigenvalue weighted by atomic mass is 10.0. The number of halogens is 1. The maximum atomic E-state index is 9.51. The molecular formula is C24H20BrNO. The van der Waals surface area contributed by atoms with Gasteiger partial charge in [-0.2, -0.15) is 5.26 Å². The first-order chi connectivity index (χ1) is 13.0. The van der Waals surface area contributed by atoms with Gasteiger partial charge >= 0.3 is 0 Å². The standard InChI is InChI=1S/C24H20BrNO/c1-17-3-7-19(8-4-17)16-27-24-12-9-20(14-23(24)25)13-22(15-26)21-10-5-18(2)6-11-21/h3-14H,16H2,1-2H3/b22-13+. The molecule has 0 atom stereocenters. The molecule has 0 amide bonds. The Kier molecular flexibility index (Phi) is 6.11. The summed E-state index contributed by atoms with van der Waals surface area (Å²) in [6.07, 6.45) is 1.89. The highest BCUT2D eigenvalue weighted by atomic mass is 79.9. The Labute approximate surface area is 168 Å². The van der Waals surface area contributed by atoms with Crippen molar-refractivity contribution in [1.82, 2.24) is 0 Å². The number of benzene rings is 3. The second-order valence-corrected chi connectivity index (χ2v) is 7.35. The molecule has 3 aromatic carbocycles. The highest BCUT2D eigenvalue weighted by Gasteiger charge is 2.05. The number of nitriles is 1. The van der Waals surface area contributed by atoms with Gasteiger partial charge < -0.3 is 4.74 Å². The summed E-state index contributed by atoms with van der Waals surface area (Å²) in [5.74, 6) is 0.779. The Morgan fingerprint density at radius 3 is 2.19 bits per heavy atom. The molecule has 0 radical (unpaired) electrons. The average Bonchev–Trinajstić information content (AvgIpc) is 2.67. The minimum Gasteiger partial charge on any atom is -0.488 e. The minimum absolute atomic E-state index is 0.515. The van der Waals surface area contributed by atoms with E-state index in [9.17, 15) is 5.26 Å². The number of ether oxygens (including phenoxy) is 1. The molecule has 0 saturated carbocycles. The number of allylic oxidation sites excluding steroid dienone is 1. The SMILES string of the molecule is Cc1ccc(COc2ccc(/C=C(\C#N)c3ccc(C)cc3)cc2Br)cc1. The molecule has 27 heavy (non-hydrogen) atoms. The lowest BCUT2D eigenvalue weighted by Gasteiger charge is -2.09. The van der Waals surface area contributed by atoms with E-state index in [2.05, 4.69) is 53.2 Å². The Hall–Kier alpha value is -2.83. The topological polar surface area (TPSA) is 33.0 Å². The molecule has 2 nitrogen and oxygen atoms in total. The molecule has 0 heterocycles. The van der Waals surface area contributed by atoms with Crippen LogP contribution in [-0.2, 0) is 6.61 Å². The van der Waals surface area contributed by atoms with Crippen molar-refractivity contribution in [2.45, 2.75) is 20.5 Å². The zero-order valence-electron chi connectivity index (χ0n) is 15.4. The number of aryl methyl sites for hydroxylation is 2. The zero-order valence-corrected chi connectivity index (χ0v) is 17.0. The van der Waals surface area contributed by atoms with Crippen LogP contribution in [0.3, 0.4) is 0 Å². The molecule has 0 aromatic heterocycles. The monoisotopic (exact) mass is 417 g/mol. The van der Waals surface area contributed by atoms with Gasteiger partial charge in [-0.3, -0.25) is 0 Å². The third kappa shape index (κ3) is 5.09. The summed E-state index contributed by atoms with van der Waals surface area (Å²) in [7, 11) is 0. The van der Waals surface area contributed by atoms with Crippen LogP contribution in [-0.4, -0.2) is 0 Å². The molecule has 3 heteroatoms. The molecule has 0 aliphatic rings. The lowest BCUT2D eigenvalue weighted by molar-refractivity contribution is 0.304. The zero-order chi connectivity index (χ0) is 19.2. The Morgan fingerprint density at radius 2 is 1.59 bits per heavy atom. The predicted molar refractivity (Wildman–Crippen MR) is 114 cm³/mol.